The van der Waals surface area contributed by atoms with Crippen molar-refractivity contribution in [1.29, 1.82) is 0 Å². The smallest absolute Gasteiger partial charge is 0.323 e. The van der Waals surface area contributed by atoms with Crippen LogP contribution in [0.3, 0.4) is 0 Å². The Morgan fingerprint density at radius 3 is 2.16 bits per heavy atom. The fourth-order valence-electron chi connectivity index (χ4n) is 4.00. The Morgan fingerprint density at radius 1 is 0.938 bits per heavy atom. The number of amides is 2. The number of aromatic nitrogens is 2. The minimum Gasteiger partial charge on any atom is -0.368 e. The summed E-state index contributed by atoms with van der Waals surface area (Å²) in [4.78, 5) is 27.3. The van der Waals surface area contributed by atoms with Crippen LogP contribution in [0.5, 0.6) is 0 Å². The number of benzene rings is 2. The topological polar surface area (TPSA) is 96.5 Å². The van der Waals surface area contributed by atoms with Gasteiger partial charge in [-0.2, -0.15) is 5.10 Å². The van der Waals surface area contributed by atoms with Gasteiger partial charge in [-0.25, -0.2) is 9.48 Å². The van der Waals surface area contributed by atoms with Gasteiger partial charge >= 0.3 is 6.03 Å². The Balaban J connectivity index is 1.42. The highest BCUT2D eigenvalue weighted by Crippen LogP contribution is 2.22. The van der Waals surface area contributed by atoms with Crippen molar-refractivity contribution in [2.45, 2.75) is 20.8 Å². The van der Waals surface area contributed by atoms with Gasteiger partial charge in [0.05, 0.1) is 16.3 Å². The van der Waals surface area contributed by atoms with Gasteiger partial charge in [0.2, 0.25) is 0 Å². The van der Waals surface area contributed by atoms with Crippen LogP contribution in [0.15, 0.2) is 48.5 Å². The SMILES string of the molecule is Cc1cc(C)cc(-n2nc(C)cc2NC(=O)N2CCN(c3ccc([N+](=O)[O-])cc3)CC2)c1. The first-order valence-corrected chi connectivity index (χ1v) is 10.5. The Kier molecular flexibility index (Phi) is 5.81. The summed E-state index contributed by atoms with van der Waals surface area (Å²) in [5, 5.41) is 18.4. The van der Waals surface area contributed by atoms with E-state index >= 15 is 0 Å². The Bertz CT molecular complexity index is 1130. The van der Waals surface area contributed by atoms with E-state index in [2.05, 4.69) is 21.4 Å². The number of nitrogens with one attached hydrogen (secondary N) is 1. The third-order valence-electron chi connectivity index (χ3n) is 5.51. The predicted molar refractivity (Wildman–Crippen MR) is 124 cm³/mol. The van der Waals surface area contributed by atoms with Crippen LogP contribution in [0.25, 0.3) is 5.69 Å². The summed E-state index contributed by atoms with van der Waals surface area (Å²) in [6.07, 6.45) is 0. The molecule has 9 nitrogen and oxygen atoms in total. The maximum atomic E-state index is 12.9. The van der Waals surface area contributed by atoms with Gasteiger partial charge in [-0.15, -0.1) is 0 Å². The van der Waals surface area contributed by atoms with Gasteiger partial charge < -0.3 is 9.80 Å². The number of nitrogens with zero attached hydrogens (tertiary/aromatic N) is 5. The molecule has 4 rings (SSSR count). The van der Waals surface area contributed by atoms with Crippen LogP contribution in [0.1, 0.15) is 16.8 Å². The van der Waals surface area contributed by atoms with E-state index in [1.807, 2.05) is 39.0 Å². The molecular weight excluding hydrogens is 408 g/mol. The highest BCUT2D eigenvalue weighted by atomic mass is 16.6. The highest BCUT2D eigenvalue weighted by molar-refractivity contribution is 5.89. The van der Waals surface area contributed by atoms with Crippen molar-refractivity contribution in [3.05, 3.63) is 75.5 Å². The van der Waals surface area contributed by atoms with Crippen molar-refractivity contribution in [3.8, 4) is 5.69 Å². The van der Waals surface area contributed by atoms with E-state index < -0.39 is 4.92 Å². The van der Waals surface area contributed by atoms with E-state index in [1.165, 1.54) is 12.1 Å². The number of anilines is 2. The van der Waals surface area contributed by atoms with Gasteiger partial charge in [0.25, 0.3) is 5.69 Å². The number of carbonyl (C=O) groups is 1. The molecule has 1 fully saturated rings. The van der Waals surface area contributed by atoms with Gasteiger partial charge in [0, 0.05) is 50.1 Å². The number of hydrogen-bond donors (Lipinski definition) is 1. The second-order valence-electron chi connectivity index (χ2n) is 8.11. The molecule has 1 N–H and O–H groups in total. The quantitative estimate of drug-likeness (QED) is 0.493. The Hall–Kier alpha value is -3.88. The van der Waals surface area contributed by atoms with Crippen LogP contribution in [-0.2, 0) is 0 Å². The molecule has 0 bridgehead atoms. The molecular formula is C23H26N6O3. The molecule has 3 aromatic rings. The summed E-state index contributed by atoms with van der Waals surface area (Å²) in [7, 11) is 0. The number of non-ortho nitro benzene ring substituents is 1. The third kappa shape index (κ3) is 4.56. The fraction of sp³-hybridized carbons (Fsp3) is 0.304. The molecule has 1 aliphatic heterocycles. The van der Waals surface area contributed by atoms with Crippen molar-refractivity contribution in [2.75, 3.05) is 36.4 Å². The molecule has 2 aromatic carbocycles. The van der Waals surface area contributed by atoms with E-state index in [1.54, 1.807) is 21.7 Å². The lowest BCUT2D eigenvalue weighted by atomic mass is 10.1. The number of aryl methyl sites for hydroxylation is 3. The number of carbonyl (C=O) groups excluding carboxylic acids is 1. The lowest BCUT2D eigenvalue weighted by Gasteiger charge is -2.36. The average Bonchev–Trinajstić information content (AvgIpc) is 3.13. The van der Waals surface area contributed by atoms with Crippen molar-refractivity contribution >= 4 is 23.2 Å². The largest absolute Gasteiger partial charge is 0.368 e. The maximum Gasteiger partial charge on any atom is 0.323 e. The zero-order valence-electron chi connectivity index (χ0n) is 18.4. The van der Waals surface area contributed by atoms with Gasteiger partial charge in [-0.3, -0.25) is 15.4 Å². The molecule has 0 unspecified atom stereocenters. The van der Waals surface area contributed by atoms with E-state index in [4.69, 9.17) is 0 Å². The lowest BCUT2D eigenvalue weighted by molar-refractivity contribution is -0.384. The molecule has 0 radical (unpaired) electrons. The first kappa shape index (κ1) is 21.4. The monoisotopic (exact) mass is 434 g/mol. The summed E-state index contributed by atoms with van der Waals surface area (Å²) in [5.41, 5.74) is 4.98. The maximum absolute atomic E-state index is 12.9. The highest BCUT2D eigenvalue weighted by Gasteiger charge is 2.23. The number of urea groups is 1. The van der Waals surface area contributed by atoms with Crippen molar-refractivity contribution in [3.63, 3.8) is 0 Å². The van der Waals surface area contributed by atoms with E-state index in [0.717, 1.165) is 28.2 Å². The van der Waals surface area contributed by atoms with Crippen molar-refractivity contribution in [2.24, 2.45) is 0 Å². The fourth-order valence-corrected chi connectivity index (χ4v) is 4.00. The van der Waals surface area contributed by atoms with Gasteiger partial charge in [0.1, 0.15) is 5.82 Å². The number of nitro groups is 1. The van der Waals surface area contributed by atoms with Crippen LogP contribution in [0.4, 0.5) is 22.0 Å². The van der Waals surface area contributed by atoms with Gasteiger partial charge in [-0.05, 0) is 56.2 Å². The lowest BCUT2D eigenvalue weighted by Crippen LogP contribution is -2.50. The molecule has 0 spiro atoms. The van der Waals surface area contributed by atoms with Crippen molar-refractivity contribution in [1.82, 2.24) is 14.7 Å². The number of piperazine rings is 1. The van der Waals surface area contributed by atoms with Crippen LogP contribution < -0.4 is 10.2 Å². The summed E-state index contributed by atoms with van der Waals surface area (Å²) in [5.74, 6) is 0.635. The Morgan fingerprint density at radius 2 is 1.56 bits per heavy atom. The summed E-state index contributed by atoms with van der Waals surface area (Å²) < 4.78 is 1.76. The second kappa shape index (κ2) is 8.70. The second-order valence-corrected chi connectivity index (χ2v) is 8.11. The molecule has 2 heterocycles. The predicted octanol–water partition coefficient (Wildman–Crippen LogP) is 4.06. The molecule has 1 aromatic heterocycles. The summed E-state index contributed by atoms with van der Waals surface area (Å²) in [6, 6.07) is 14.4. The van der Waals surface area contributed by atoms with Gasteiger partial charge in [0.15, 0.2) is 0 Å². The molecule has 0 atom stereocenters. The first-order valence-electron chi connectivity index (χ1n) is 10.5. The molecule has 0 aliphatic carbocycles. The molecule has 1 saturated heterocycles. The van der Waals surface area contributed by atoms with E-state index in [-0.39, 0.29) is 11.7 Å². The summed E-state index contributed by atoms with van der Waals surface area (Å²) in [6.45, 7) is 8.39. The zero-order chi connectivity index (χ0) is 22.8. The number of nitro benzene ring substituents is 1. The Labute approximate surface area is 186 Å². The molecule has 9 heteroatoms. The van der Waals surface area contributed by atoms with Crippen LogP contribution in [-0.4, -0.2) is 51.8 Å². The van der Waals surface area contributed by atoms with Gasteiger partial charge in [-0.1, -0.05) is 6.07 Å². The van der Waals surface area contributed by atoms with Crippen LogP contribution in [0, 0.1) is 30.9 Å². The minimum absolute atomic E-state index is 0.0717. The molecule has 32 heavy (non-hydrogen) atoms. The van der Waals surface area contributed by atoms with Crippen LogP contribution in [0.2, 0.25) is 0 Å². The van der Waals surface area contributed by atoms with E-state index in [9.17, 15) is 14.9 Å². The molecule has 2 amide bonds. The number of rotatable bonds is 4. The average molecular weight is 435 g/mol. The normalized spacial score (nSPS) is 13.8. The first-order chi connectivity index (χ1) is 15.3. The summed E-state index contributed by atoms with van der Waals surface area (Å²) >= 11 is 0. The number of hydrogen-bond acceptors (Lipinski definition) is 5. The van der Waals surface area contributed by atoms with Crippen LogP contribution >= 0.6 is 0 Å². The third-order valence-corrected chi connectivity index (χ3v) is 5.51. The minimum atomic E-state index is -0.406. The standard InChI is InChI=1S/C23H26N6O3/c1-16-12-17(2)14-21(13-16)28-22(15-18(3)25-28)24-23(30)27-10-8-26(9-11-27)19-4-6-20(7-5-19)29(31)32/h4-7,12-15H,8-11H2,1-3H3,(H,24,30). The van der Waals surface area contributed by atoms with Crippen molar-refractivity contribution < 1.29 is 9.72 Å². The molecule has 1 aliphatic rings. The zero-order valence-corrected chi connectivity index (χ0v) is 18.4. The molecule has 0 saturated carbocycles. The molecule has 166 valence electrons. The van der Waals surface area contributed by atoms with E-state index in [0.29, 0.717) is 32.0 Å².